The van der Waals surface area contributed by atoms with Crippen LogP contribution in [0.4, 0.5) is 8.78 Å². The van der Waals surface area contributed by atoms with Gasteiger partial charge in [-0.05, 0) is 61.4 Å². The molecule has 5 nitrogen and oxygen atoms in total. The van der Waals surface area contributed by atoms with Crippen LogP contribution in [0.15, 0.2) is 71.5 Å². The predicted molar refractivity (Wildman–Crippen MR) is 133 cm³/mol. The van der Waals surface area contributed by atoms with E-state index in [2.05, 4.69) is 0 Å². The van der Waals surface area contributed by atoms with Crippen molar-refractivity contribution in [2.75, 3.05) is 6.54 Å². The van der Waals surface area contributed by atoms with Gasteiger partial charge in [-0.1, -0.05) is 43.6 Å². The Bertz CT molecular complexity index is 1450. The van der Waals surface area contributed by atoms with Crippen LogP contribution in [-0.4, -0.2) is 26.9 Å². The zero-order chi connectivity index (χ0) is 25.1. The van der Waals surface area contributed by atoms with E-state index >= 15 is 0 Å². The van der Waals surface area contributed by atoms with Crippen molar-refractivity contribution in [3.05, 3.63) is 105 Å². The van der Waals surface area contributed by atoms with E-state index in [0.29, 0.717) is 41.8 Å². The van der Waals surface area contributed by atoms with E-state index in [-0.39, 0.29) is 22.1 Å². The van der Waals surface area contributed by atoms with Gasteiger partial charge in [-0.25, -0.2) is 13.8 Å². The number of hydrogen-bond acceptors (Lipinski definition) is 3. The summed E-state index contributed by atoms with van der Waals surface area (Å²) in [6.07, 6.45) is 1.07. The molecule has 0 aliphatic rings. The number of hydrogen-bond donors (Lipinski definition) is 0. The summed E-state index contributed by atoms with van der Waals surface area (Å²) in [5, 5.41) is 0.243. The summed E-state index contributed by atoms with van der Waals surface area (Å²) in [6, 6.07) is 15.8. The number of amides is 1. The molecular formula is C27H24ClF2N3O2. The molecule has 35 heavy (non-hydrogen) atoms. The summed E-state index contributed by atoms with van der Waals surface area (Å²) >= 11 is 6.05. The quantitative estimate of drug-likeness (QED) is 0.301. The molecule has 0 fully saturated rings. The van der Waals surface area contributed by atoms with E-state index in [9.17, 15) is 18.4 Å². The summed E-state index contributed by atoms with van der Waals surface area (Å²) in [4.78, 5) is 33.6. The maximum atomic E-state index is 13.9. The van der Waals surface area contributed by atoms with Gasteiger partial charge < -0.3 is 4.90 Å². The Balaban J connectivity index is 1.96. The van der Waals surface area contributed by atoms with E-state index in [4.69, 9.17) is 16.6 Å². The fourth-order valence-electron chi connectivity index (χ4n) is 4.22. The van der Waals surface area contributed by atoms with Crippen molar-refractivity contribution in [1.82, 2.24) is 14.5 Å². The van der Waals surface area contributed by atoms with Crippen LogP contribution >= 0.6 is 11.6 Å². The monoisotopic (exact) mass is 495 g/mol. The van der Waals surface area contributed by atoms with Crippen LogP contribution in [0.2, 0.25) is 5.02 Å². The lowest BCUT2D eigenvalue weighted by atomic mass is 10.1. The van der Waals surface area contributed by atoms with Crippen LogP contribution < -0.4 is 5.56 Å². The molecule has 3 aromatic carbocycles. The zero-order valence-corrected chi connectivity index (χ0v) is 20.1. The number of aromatic nitrogens is 2. The van der Waals surface area contributed by atoms with Gasteiger partial charge in [0.15, 0.2) is 0 Å². The van der Waals surface area contributed by atoms with E-state index in [1.807, 2.05) is 13.8 Å². The first-order chi connectivity index (χ1) is 16.8. The Morgan fingerprint density at radius 1 is 1.06 bits per heavy atom. The molecule has 1 amide bonds. The van der Waals surface area contributed by atoms with Crippen LogP contribution in [0.1, 0.15) is 48.9 Å². The van der Waals surface area contributed by atoms with Crippen LogP contribution in [-0.2, 0) is 0 Å². The number of carbonyl (C=O) groups is 1. The van der Waals surface area contributed by atoms with Crippen molar-refractivity contribution in [2.24, 2.45) is 0 Å². The van der Waals surface area contributed by atoms with Gasteiger partial charge in [0.25, 0.3) is 11.5 Å². The number of halogens is 3. The summed E-state index contributed by atoms with van der Waals surface area (Å²) in [7, 11) is 0. The van der Waals surface area contributed by atoms with Crippen molar-refractivity contribution in [1.29, 1.82) is 0 Å². The lowest BCUT2D eigenvalue weighted by Crippen LogP contribution is -2.39. The van der Waals surface area contributed by atoms with Gasteiger partial charge in [0.1, 0.15) is 17.5 Å². The fourth-order valence-corrected chi connectivity index (χ4v) is 4.39. The molecule has 1 heterocycles. The standard InChI is InChI=1S/C27H24ClF2N3O2/c1-3-14-32(26(34)17-8-7-9-18(29)15-17)24(4-2)25-31-23-11-6-5-10-20(23)27(35)33(25)19-12-13-22(30)21(28)16-19/h5-13,15-16,24H,3-4,14H2,1-2H3. The highest BCUT2D eigenvalue weighted by Gasteiger charge is 2.29. The summed E-state index contributed by atoms with van der Waals surface area (Å²) in [5.74, 6) is -1.18. The van der Waals surface area contributed by atoms with Crippen LogP contribution in [0.3, 0.4) is 0 Å². The number of nitrogens with zero attached hydrogens (tertiary/aromatic N) is 3. The molecule has 4 rings (SSSR count). The molecule has 180 valence electrons. The molecule has 0 spiro atoms. The molecular weight excluding hydrogens is 472 g/mol. The average molecular weight is 496 g/mol. The molecule has 1 aromatic heterocycles. The second-order valence-corrected chi connectivity index (χ2v) is 8.57. The Morgan fingerprint density at radius 3 is 2.51 bits per heavy atom. The average Bonchev–Trinajstić information content (AvgIpc) is 2.85. The van der Waals surface area contributed by atoms with Crippen LogP contribution in [0, 0.1) is 11.6 Å². The lowest BCUT2D eigenvalue weighted by Gasteiger charge is -2.32. The molecule has 0 aliphatic carbocycles. The smallest absolute Gasteiger partial charge is 0.266 e. The van der Waals surface area contributed by atoms with Crippen molar-refractivity contribution in [2.45, 2.75) is 32.7 Å². The van der Waals surface area contributed by atoms with Gasteiger partial charge in [0, 0.05) is 12.1 Å². The summed E-state index contributed by atoms with van der Waals surface area (Å²) in [6.45, 7) is 4.18. The van der Waals surface area contributed by atoms with Crippen LogP contribution in [0.5, 0.6) is 0 Å². The SMILES string of the molecule is CCCN(C(=O)c1cccc(F)c1)C(CC)c1nc2ccccc2c(=O)n1-c1ccc(F)c(Cl)c1. The second kappa shape index (κ2) is 10.4. The minimum absolute atomic E-state index is 0.136. The topological polar surface area (TPSA) is 55.2 Å². The normalized spacial score (nSPS) is 12.0. The molecule has 8 heteroatoms. The van der Waals surface area contributed by atoms with Gasteiger partial charge >= 0.3 is 0 Å². The number of rotatable bonds is 7. The number of carbonyl (C=O) groups excluding carboxylic acids is 1. The highest BCUT2D eigenvalue weighted by atomic mass is 35.5. The third kappa shape index (κ3) is 4.82. The van der Waals surface area contributed by atoms with Gasteiger partial charge in [0.05, 0.1) is 27.7 Å². The molecule has 0 saturated carbocycles. The Morgan fingerprint density at radius 2 is 1.83 bits per heavy atom. The first kappa shape index (κ1) is 24.5. The first-order valence-electron chi connectivity index (χ1n) is 11.4. The molecule has 0 N–H and O–H groups in total. The largest absolute Gasteiger partial charge is 0.328 e. The Hall–Kier alpha value is -3.58. The van der Waals surface area contributed by atoms with Gasteiger partial charge in [0.2, 0.25) is 0 Å². The van der Waals surface area contributed by atoms with E-state index in [0.717, 1.165) is 0 Å². The van der Waals surface area contributed by atoms with Gasteiger partial charge in [-0.15, -0.1) is 0 Å². The molecule has 1 unspecified atom stereocenters. The van der Waals surface area contributed by atoms with E-state index in [1.54, 1.807) is 35.2 Å². The third-order valence-corrected chi connectivity index (χ3v) is 6.11. The maximum absolute atomic E-state index is 13.9. The Kier molecular flexibility index (Phi) is 7.26. The van der Waals surface area contributed by atoms with E-state index < -0.39 is 17.7 Å². The predicted octanol–water partition coefficient (Wildman–Crippen LogP) is 6.32. The zero-order valence-electron chi connectivity index (χ0n) is 19.3. The second-order valence-electron chi connectivity index (χ2n) is 8.16. The van der Waals surface area contributed by atoms with Crippen LogP contribution in [0.25, 0.3) is 16.6 Å². The molecule has 0 saturated heterocycles. The number of fused-ring (bicyclic) bond motifs is 1. The molecule has 0 radical (unpaired) electrons. The lowest BCUT2D eigenvalue weighted by molar-refractivity contribution is 0.0658. The van der Waals surface area contributed by atoms with Crippen molar-refractivity contribution in [3.63, 3.8) is 0 Å². The number of benzene rings is 3. The van der Waals surface area contributed by atoms with Crippen molar-refractivity contribution >= 4 is 28.4 Å². The van der Waals surface area contributed by atoms with Crippen molar-refractivity contribution < 1.29 is 13.6 Å². The summed E-state index contributed by atoms with van der Waals surface area (Å²) < 4.78 is 29.2. The van der Waals surface area contributed by atoms with Crippen molar-refractivity contribution in [3.8, 4) is 5.69 Å². The highest BCUT2D eigenvalue weighted by Crippen LogP contribution is 2.29. The maximum Gasteiger partial charge on any atom is 0.266 e. The number of para-hydroxylation sites is 1. The molecule has 0 bridgehead atoms. The van der Waals surface area contributed by atoms with E-state index in [1.165, 1.54) is 41.0 Å². The van der Waals surface area contributed by atoms with Gasteiger partial charge in [-0.2, -0.15) is 0 Å². The minimum Gasteiger partial charge on any atom is -0.328 e. The fraction of sp³-hybridized carbons (Fsp3) is 0.222. The van der Waals surface area contributed by atoms with Gasteiger partial charge in [-0.3, -0.25) is 14.2 Å². The molecule has 1 atom stereocenters. The first-order valence-corrected chi connectivity index (χ1v) is 11.8. The molecule has 4 aromatic rings. The third-order valence-electron chi connectivity index (χ3n) is 5.82. The summed E-state index contributed by atoms with van der Waals surface area (Å²) in [5.41, 5.74) is 0.658. The minimum atomic E-state index is -0.619. The Labute approximate surface area is 206 Å². The highest BCUT2D eigenvalue weighted by molar-refractivity contribution is 6.30. The molecule has 0 aliphatic heterocycles.